The molecule has 2 fully saturated rings. The van der Waals surface area contributed by atoms with Crippen LogP contribution in [0.2, 0.25) is 0 Å². The first-order chi connectivity index (χ1) is 18.8. The molecule has 13 heteroatoms. The van der Waals surface area contributed by atoms with Gasteiger partial charge >= 0.3 is 18.3 Å². The van der Waals surface area contributed by atoms with Crippen molar-refractivity contribution < 1.29 is 42.2 Å². The van der Waals surface area contributed by atoms with E-state index >= 15 is 8.78 Å². The van der Waals surface area contributed by atoms with Crippen LogP contribution in [-0.2, 0) is 19.0 Å². The van der Waals surface area contributed by atoms with E-state index in [4.69, 9.17) is 14.2 Å². The quantitative estimate of drug-likeness (QED) is 0.491. The summed E-state index contributed by atoms with van der Waals surface area (Å²) >= 11 is 0. The first kappa shape index (κ1) is 28.6. The van der Waals surface area contributed by atoms with E-state index in [0.717, 1.165) is 12.1 Å². The fourth-order valence-electron chi connectivity index (χ4n) is 4.23. The molecule has 0 aromatic heterocycles. The van der Waals surface area contributed by atoms with Gasteiger partial charge in [-0.25, -0.2) is 23.2 Å². The number of nitrogens with zero attached hydrogens (tertiary/aromatic N) is 2. The Morgan fingerprint density at radius 3 is 1.73 bits per heavy atom. The van der Waals surface area contributed by atoms with Crippen molar-refractivity contribution in [3.8, 4) is 11.1 Å². The maximum atomic E-state index is 15.1. The van der Waals surface area contributed by atoms with Crippen LogP contribution >= 0.6 is 0 Å². The average molecular weight is 561 g/mol. The fraction of sp³-hybridized carbons (Fsp3) is 0.407. The van der Waals surface area contributed by atoms with Gasteiger partial charge in [0.25, 0.3) is 0 Å². The van der Waals surface area contributed by atoms with E-state index in [0.29, 0.717) is 0 Å². The molecule has 4 amide bonds. The van der Waals surface area contributed by atoms with Gasteiger partial charge in [-0.2, -0.15) is 0 Å². The van der Waals surface area contributed by atoms with E-state index in [1.165, 1.54) is 41.0 Å². The summed E-state index contributed by atoms with van der Waals surface area (Å²) in [6.07, 6.45) is -3.32. The number of nitrogens with one attached hydrogen (secondary N) is 2. The van der Waals surface area contributed by atoms with Crippen LogP contribution in [0.1, 0.15) is 27.7 Å². The van der Waals surface area contributed by atoms with Gasteiger partial charge in [0.1, 0.15) is 29.4 Å². The smallest absolute Gasteiger partial charge is 0.414 e. The fourth-order valence-corrected chi connectivity index (χ4v) is 4.23. The molecule has 214 valence electrons. The molecule has 4 rings (SSSR count). The molecule has 2 saturated heterocycles. The average Bonchev–Trinajstić information content (AvgIpc) is 3.42. The Labute approximate surface area is 229 Å². The standard InChI is InChI=1S/C27H30F2N4O7/c1-15(34)30-11-18-13-32(25(36)38-18)16-5-7-20(22(28)9-16)21-8-6-17(10-23(21)29)33-14-19(39-26(33)37)12-31-24(35)40-27(2,3)4/h5-10,18-19H,11-14H2,1-4H3,(H,30,34)(H,31,35)/t18-,19+/m1/s1. The maximum Gasteiger partial charge on any atom is 0.414 e. The Hall–Kier alpha value is -4.42. The summed E-state index contributed by atoms with van der Waals surface area (Å²) in [6.45, 7) is 6.81. The Kier molecular flexibility index (Phi) is 8.12. The number of cyclic esters (lactones) is 2. The normalized spacial score (nSPS) is 18.9. The highest BCUT2D eigenvalue weighted by Crippen LogP contribution is 2.33. The van der Waals surface area contributed by atoms with Crippen LogP contribution in [0.15, 0.2) is 36.4 Å². The van der Waals surface area contributed by atoms with Crippen LogP contribution < -0.4 is 20.4 Å². The molecule has 2 aromatic carbocycles. The Balaban J connectivity index is 1.42. The van der Waals surface area contributed by atoms with Gasteiger partial charge in [0, 0.05) is 18.1 Å². The van der Waals surface area contributed by atoms with Gasteiger partial charge in [-0.3, -0.25) is 14.6 Å². The van der Waals surface area contributed by atoms with Crippen LogP contribution in [0.3, 0.4) is 0 Å². The van der Waals surface area contributed by atoms with Crippen molar-refractivity contribution in [2.45, 2.75) is 45.5 Å². The van der Waals surface area contributed by atoms with Crippen molar-refractivity contribution in [3.63, 3.8) is 0 Å². The summed E-state index contributed by atoms with van der Waals surface area (Å²) in [5.74, 6) is -1.81. The zero-order valence-corrected chi connectivity index (χ0v) is 22.5. The molecule has 0 unspecified atom stereocenters. The van der Waals surface area contributed by atoms with Crippen LogP contribution in [0.4, 0.5) is 34.5 Å². The van der Waals surface area contributed by atoms with Crippen molar-refractivity contribution in [1.29, 1.82) is 0 Å². The number of anilines is 2. The second-order valence-corrected chi connectivity index (χ2v) is 10.4. The van der Waals surface area contributed by atoms with Gasteiger partial charge in [-0.05, 0) is 57.2 Å². The number of benzene rings is 2. The van der Waals surface area contributed by atoms with Crippen molar-refractivity contribution >= 4 is 35.6 Å². The zero-order chi connectivity index (χ0) is 29.2. The molecule has 0 spiro atoms. The van der Waals surface area contributed by atoms with E-state index in [1.54, 1.807) is 20.8 Å². The predicted molar refractivity (Wildman–Crippen MR) is 140 cm³/mol. The highest BCUT2D eigenvalue weighted by molar-refractivity contribution is 5.91. The van der Waals surface area contributed by atoms with Gasteiger partial charge in [0.15, 0.2) is 0 Å². The summed E-state index contributed by atoms with van der Waals surface area (Å²) in [5.41, 5.74) is -0.346. The number of alkyl carbamates (subject to hydrolysis) is 1. The van der Waals surface area contributed by atoms with E-state index < -0.39 is 47.7 Å². The second-order valence-electron chi connectivity index (χ2n) is 10.4. The van der Waals surface area contributed by atoms with E-state index in [9.17, 15) is 19.2 Å². The topological polar surface area (TPSA) is 127 Å². The van der Waals surface area contributed by atoms with Crippen LogP contribution in [0.25, 0.3) is 11.1 Å². The van der Waals surface area contributed by atoms with Crippen molar-refractivity contribution in [1.82, 2.24) is 10.6 Å². The zero-order valence-electron chi connectivity index (χ0n) is 22.5. The summed E-state index contributed by atoms with van der Waals surface area (Å²) in [7, 11) is 0. The number of amides is 4. The molecule has 40 heavy (non-hydrogen) atoms. The number of hydrogen-bond acceptors (Lipinski definition) is 7. The molecular weight excluding hydrogens is 530 g/mol. The molecule has 2 N–H and O–H groups in total. The third-order valence-corrected chi connectivity index (χ3v) is 6.02. The third kappa shape index (κ3) is 6.77. The van der Waals surface area contributed by atoms with Crippen LogP contribution in [0.5, 0.6) is 0 Å². The minimum atomic E-state index is -0.775. The van der Waals surface area contributed by atoms with Gasteiger partial charge in [-0.1, -0.05) is 0 Å². The van der Waals surface area contributed by atoms with E-state index in [2.05, 4.69) is 10.6 Å². The van der Waals surface area contributed by atoms with Crippen LogP contribution in [-0.4, -0.2) is 68.2 Å². The van der Waals surface area contributed by atoms with Gasteiger partial charge in [-0.15, -0.1) is 0 Å². The molecule has 11 nitrogen and oxygen atoms in total. The van der Waals surface area contributed by atoms with Crippen molar-refractivity contribution in [2.24, 2.45) is 0 Å². The van der Waals surface area contributed by atoms with E-state index in [-0.39, 0.29) is 54.6 Å². The summed E-state index contributed by atoms with van der Waals surface area (Å²) < 4.78 is 45.8. The summed E-state index contributed by atoms with van der Waals surface area (Å²) in [6, 6.07) is 7.81. The van der Waals surface area contributed by atoms with Gasteiger partial charge in [0.2, 0.25) is 5.91 Å². The summed E-state index contributed by atoms with van der Waals surface area (Å²) in [4.78, 5) is 50.0. The molecule has 2 aliphatic heterocycles. The van der Waals surface area contributed by atoms with E-state index in [1.807, 2.05) is 0 Å². The Bertz CT molecular complexity index is 1330. The highest BCUT2D eigenvalue weighted by Gasteiger charge is 2.34. The molecular formula is C27H30F2N4O7. The summed E-state index contributed by atoms with van der Waals surface area (Å²) in [5, 5.41) is 5.10. The maximum absolute atomic E-state index is 15.1. The lowest BCUT2D eigenvalue weighted by Gasteiger charge is -2.20. The third-order valence-electron chi connectivity index (χ3n) is 6.02. The number of carbonyl (C=O) groups is 4. The number of rotatable bonds is 7. The van der Waals surface area contributed by atoms with Crippen molar-refractivity contribution in [2.75, 3.05) is 36.0 Å². The minimum Gasteiger partial charge on any atom is -0.444 e. The minimum absolute atomic E-state index is 0.00776. The van der Waals surface area contributed by atoms with Crippen LogP contribution in [0, 0.1) is 11.6 Å². The number of halogens is 2. The lowest BCUT2D eigenvalue weighted by Crippen LogP contribution is -2.38. The monoisotopic (exact) mass is 560 g/mol. The lowest BCUT2D eigenvalue weighted by molar-refractivity contribution is -0.119. The number of ether oxygens (including phenoxy) is 3. The molecule has 0 bridgehead atoms. The molecule has 2 aliphatic rings. The first-order valence-electron chi connectivity index (χ1n) is 12.6. The second kappa shape index (κ2) is 11.4. The molecule has 0 saturated carbocycles. The predicted octanol–water partition coefficient (Wildman–Crippen LogP) is 3.94. The largest absolute Gasteiger partial charge is 0.444 e. The molecule has 0 aliphatic carbocycles. The van der Waals surface area contributed by atoms with Gasteiger partial charge < -0.3 is 24.8 Å². The number of hydrogen-bond donors (Lipinski definition) is 2. The van der Waals surface area contributed by atoms with Crippen molar-refractivity contribution in [3.05, 3.63) is 48.0 Å². The SMILES string of the molecule is CC(=O)NC[C@@H]1CN(c2ccc(-c3ccc(N4C[C@H](CNC(=O)OC(C)(C)C)OC4=O)cc3F)c(F)c2)C(=O)O1. The molecule has 2 atom stereocenters. The molecule has 0 radical (unpaired) electrons. The molecule has 2 heterocycles. The first-order valence-corrected chi connectivity index (χ1v) is 12.6. The number of carbonyl (C=O) groups excluding carboxylic acids is 4. The molecule has 2 aromatic rings. The van der Waals surface area contributed by atoms with Gasteiger partial charge in [0.05, 0.1) is 37.6 Å². The Morgan fingerprint density at radius 1 is 0.875 bits per heavy atom. The highest BCUT2D eigenvalue weighted by atomic mass is 19.1. The Morgan fingerprint density at radius 2 is 1.32 bits per heavy atom. The lowest BCUT2D eigenvalue weighted by atomic mass is 10.0.